The van der Waals surface area contributed by atoms with E-state index >= 15 is 0 Å². The molecule has 1 heterocycles. The molecule has 0 spiro atoms. The van der Waals surface area contributed by atoms with Crippen LogP contribution < -0.4 is 5.32 Å². The predicted octanol–water partition coefficient (Wildman–Crippen LogP) is 3.81. The van der Waals surface area contributed by atoms with Crippen LogP contribution in [0.3, 0.4) is 0 Å². The Hall–Kier alpha value is -0.0800. The van der Waals surface area contributed by atoms with Crippen molar-refractivity contribution in [1.29, 1.82) is 0 Å². The van der Waals surface area contributed by atoms with E-state index in [9.17, 15) is 0 Å². The van der Waals surface area contributed by atoms with Gasteiger partial charge >= 0.3 is 0 Å². The highest BCUT2D eigenvalue weighted by atomic mass is 15.1. The second-order valence-corrected chi connectivity index (χ2v) is 5.84. The number of hydrogen-bond donors (Lipinski definition) is 1. The maximum absolute atomic E-state index is 3.61. The lowest BCUT2D eigenvalue weighted by Gasteiger charge is -2.22. The molecule has 0 amide bonds. The van der Waals surface area contributed by atoms with Crippen LogP contribution in [0.25, 0.3) is 0 Å². The second kappa shape index (κ2) is 10.8. The van der Waals surface area contributed by atoms with Crippen molar-refractivity contribution in [3.05, 3.63) is 0 Å². The van der Waals surface area contributed by atoms with Gasteiger partial charge in [-0.2, -0.15) is 0 Å². The van der Waals surface area contributed by atoms with E-state index in [0.717, 1.165) is 6.04 Å². The van der Waals surface area contributed by atoms with Crippen molar-refractivity contribution in [1.82, 2.24) is 10.2 Å². The van der Waals surface area contributed by atoms with Crippen molar-refractivity contribution in [2.75, 3.05) is 26.2 Å². The highest BCUT2D eigenvalue weighted by Gasteiger charge is 2.13. The molecular weight excluding hydrogens is 220 g/mol. The summed E-state index contributed by atoms with van der Waals surface area (Å²) in [5.41, 5.74) is 0. The van der Waals surface area contributed by atoms with Gasteiger partial charge in [-0.25, -0.2) is 0 Å². The Morgan fingerprint density at radius 3 is 2.33 bits per heavy atom. The molecule has 108 valence electrons. The van der Waals surface area contributed by atoms with Crippen molar-refractivity contribution in [2.45, 2.75) is 77.7 Å². The molecule has 0 aliphatic carbocycles. The van der Waals surface area contributed by atoms with Gasteiger partial charge < -0.3 is 10.2 Å². The van der Waals surface area contributed by atoms with E-state index in [0.29, 0.717) is 0 Å². The number of hydrogen-bond acceptors (Lipinski definition) is 2. The lowest BCUT2D eigenvalue weighted by Crippen LogP contribution is -2.29. The van der Waals surface area contributed by atoms with E-state index in [-0.39, 0.29) is 0 Å². The minimum atomic E-state index is 0.827. The van der Waals surface area contributed by atoms with Gasteiger partial charge in [0, 0.05) is 6.04 Å². The van der Waals surface area contributed by atoms with Crippen molar-refractivity contribution < 1.29 is 0 Å². The van der Waals surface area contributed by atoms with Crippen LogP contribution in [-0.4, -0.2) is 37.1 Å². The zero-order valence-corrected chi connectivity index (χ0v) is 12.7. The Morgan fingerprint density at radius 2 is 1.67 bits per heavy atom. The summed E-state index contributed by atoms with van der Waals surface area (Å²) in [7, 11) is 0. The number of nitrogens with one attached hydrogen (secondary N) is 1. The molecule has 0 aromatic carbocycles. The van der Waals surface area contributed by atoms with E-state index in [1.54, 1.807) is 0 Å². The summed E-state index contributed by atoms with van der Waals surface area (Å²) >= 11 is 0. The fourth-order valence-corrected chi connectivity index (χ4v) is 2.87. The third-order valence-electron chi connectivity index (χ3n) is 4.10. The topological polar surface area (TPSA) is 15.3 Å². The fraction of sp³-hybridized carbons (Fsp3) is 1.00. The quantitative estimate of drug-likeness (QED) is 0.564. The summed E-state index contributed by atoms with van der Waals surface area (Å²) in [5, 5.41) is 3.61. The molecule has 0 aromatic heterocycles. The molecule has 0 aromatic rings. The van der Waals surface area contributed by atoms with Crippen molar-refractivity contribution >= 4 is 0 Å². The first-order chi connectivity index (χ1) is 8.86. The summed E-state index contributed by atoms with van der Waals surface area (Å²) in [6.07, 6.45) is 12.4. The maximum atomic E-state index is 3.61. The second-order valence-electron chi connectivity index (χ2n) is 5.84. The number of rotatable bonds is 11. The fourth-order valence-electron chi connectivity index (χ4n) is 2.87. The molecule has 1 atom stereocenters. The summed E-state index contributed by atoms with van der Waals surface area (Å²) in [6.45, 7) is 9.81. The van der Waals surface area contributed by atoms with Crippen molar-refractivity contribution in [2.24, 2.45) is 0 Å². The van der Waals surface area contributed by atoms with E-state index in [4.69, 9.17) is 0 Å². The van der Waals surface area contributed by atoms with E-state index in [2.05, 4.69) is 24.1 Å². The van der Waals surface area contributed by atoms with Crippen LogP contribution in [0.15, 0.2) is 0 Å². The minimum Gasteiger partial charge on any atom is -0.314 e. The van der Waals surface area contributed by atoms with Crippen LogP contribution in [0.5, 0.6) is 0 Å². The van der Waals surface area contributed by atoms with Crippen LogP contribution in [0.2, 0.25) is 0 Å². The largest absolute Gasteiger partial charge is 0.314 e. The molecular formula is C16H34N2. The average Bonchev–Trinajstić information content (AvgIpc) is 2.88. The van der Waals surface area contributed by atoms with Crippen molar-refractivity contribution in [3.8, 4) is 0 Å². The van der Waals surface area contributed by atoms with Crippen LogP contribution in [0.4, 0.5) is 0 Å². The maximum Gasteiger partial charge on any atom is 0.00680 e. The van der Waals surface area contributed by atoms with Crippen LogP contribution in [0, 0.1) is 0 Å². The minimum absolute atomic E-state index is 0.827. The Balaban J connectivity index is 2.08. The van der Waals surface area contributed by atoms with Gasteiger partial charge in [0.25, 0.3) is 0 Å². The van der Waals surface area contributed by atoms with Gasteiger partial charge in [-0.15, -0.1) is 0 Å². The Kier molecular flexibility index (Phi) is 9.59. The molecule has 1 N–H and O–H groups in total. The summed E-state index contributed by atoms with van der Waals surface area (Å²) in [4.78, 5) is 2.70. The van der Waals surface area contributed by atoms with Crippen molar-refractivity contribution in [3.63, 3.8) is 0 Å². The molecule has 1 aliphatic heterocycles. The molecule has 1 fully saturated rings. The van der Waals surface area contributed by atoms with Gasteiger partial charge in [0.15, 0.2) is 0 Å². The normalized spacial score (nSPS) is 19.8. The molecule has 2 nitrogen and oxygen atoms in total. The van der Waals surface area contributed by atoms with Crippen LogP contribution in [-0.2, 0) is 0 Å². The zero-order valence-electron chi connectivity index (χ0n) is 12.7. The van der Waals surface area contributed by atoms with Gasteiger partial charge in [-0.05, 0) is 64.7 Å². The lowest BCUT2D eigenvalue weighted by atomic mass is 10.1. The third kappa shape index (κ3) is 7.38. The number of unbranched alkanes of at least 4 members (excludes halogenated alkanes) is 3. The molecule has 0 saturated carbocycles. The Labute approximate surface area is 115 Å². The summed E-state index contributed by atoms with van der Waals surface area (Å²) < 4.78 is 0. The first kappa shape index (κ1) is 16.0. The first-order valence-corrected chi connectivity index (χ1v) is 8.32. The van der Waals surface area contributed by atoms with Gasteiger partial charge in [-0.3, -0.25) is 0 Å². The molecule has 0 bridgehead atoms. The van der Waals surface area contributed by atoms with Crippen LogP contribution >= 0.6 is 0 Å². The average molecular weight is 254 g/mol. The summed E-state index contributed by atoms with van der Waals surface area (Å²) in [6, 6.07) is 0.827. The number of nitrogens with zero attached hydrogens (tertiary/aromatic N) is 1. The highest BCUT2D eigenvalue weighted by Crippen LogP contribution is 2.11. The van der Waals surface area contributed by atoms with Crippen LogP contribution in [0.1, 0.15) is 71.6 Å². The monoisotopic (exact) mass is 254 g/mol. The van der Waals surface area contributed by atoms with Gasteiger partial charge in [-0.1, -0.05) is 33.1 Å². The highest BCUT2D eigenvalue weighted by molar-refractivity contribution is 4.74. The first-order valence-electron chi connectivity index (χ1n) is 8.32. The Bertz CT molecular complexity index is 176. The molecule has 2 heteroatoms. The molecule has 1 aliphatic rings. The van der Waals surface area contributed by atoms with E-state index in [1.807, 2.05) is 0 Å². The third-order valence-corrected chi connectivity index (χ3v) is 4.10. The van der Waals surface area contributed by atoms with Gasteiger partial charge in [0.2, 0.25) is 0 Å². The smallest absolute Gasteiger partial charge is 0.00680 e. The summed E-state index contributed by atoms with van der Waals surface area (Å²) in [5.74, 6) is 0. The SMILES string of the molecule is CCCCCN(CCCC)CCCC1CCCN1. The lowest BCUT2D eigenvalue weighted by molar-refractivity contribution is 0.254. The van der Waals surface area contributed by atoms with Gasteiger partial charge in [0.1, 0.15) is 0 Å². The Morgan fingerprint density at radius 1 is 0.944 bits per heavy atom. The van der Waals surface area contributed by atoms with E-state index < -0.39 is 0 Å². The zero-order chi connectivity index (χ0) is 13.1. The van der Waals surface area contributed by atoms with Gasteiger partial charge in [0.05, 0.1) is 0 Å². The van der Waals surface area contributed by atoms with E-state index in [1.165, 1.54) is 84.0 Å². The predicted molar refractivity (Wildman–Crippen MR) is 81.1 cm³/mol. The molecule has 1 unspecified atom stereocenters. The molecule has 1 rings (SSSR count). The standard InChI is InChI=1S/C16H34N2/c1-3-5-7-14-18(13-6-4-2)15-9-11-16-10-8-12-17-16/h16-17H,3-15H2,1-2H3. The molecule has 18 heavy (non-hydrogen) atoms. The molecule has 1 saturated heterocycles. The molecule has 0 radical (unpaired) electrons.